The van der Waals surface area contributed by atoms with Crippen molar-refractivity contribution in [1.82, 2.24) is 5.43 Å². The van der Waals surface area contributed by atoms with Crippen LogP contribution in [0.2, 0.25) is 0 Å². The second-order valence-electron chi connectivity index (χ2n) is 6.09. The summed E-state index contributed by atoms with van der Waals surface area (Å²) in [6, 6.07) is 18.8. The molecule has 30 heavy (non-hydrogen) atoms. The van der Waals surface area contributed by atoms with Crippen LogP contribution in [-0.4, -0.2) is 22.2 Å². The number of hydrazone groups is 1. The van der Waals surface area contributed by atoms with Crippen molar-refractivity contribution in [3.05, 3.63) is 98.0 Å². The summed E-state index contributed by atoms with van der Waals surface area (Å²) >= 11 is 3.14. The van der Waals surface area contributed by atoms with Crippen molar-refractivity contribution in [2.45, 2.75) is 6.61 Å². The van der Waals surface area contributed by atoms with E-state index in [-0.39, 0.29) is 11.1 Å². The first-order valence-corrected chi connectivity index (χ1v) is 9.51. The van der Waals surface area contributed by atoms with E-state index < -0.39 is 22.3 Å². The maximum atomic E-state index is 12.5. The molecule has 0 spiro atoms. The Hall–Kier alpha value is -3.72. The summed E-state index contributed by atoms with van der Waals surface area (Å²) in [5, 5.41) is 24.8. The fraction of sp³-hybridized carbons (Fsp3) is 0.0476. The first-order chi connectivity index (χ1) is 14.5. The maximum absolute atomic E-state index is 12.5. The topological polar surface area (TPSA) is 114 Å². The summed E-state index contributed by atoms with van der Waals surface area (Å²) in [4.78, 5) is 22.8. The number of aromatic hydroxyl groups is 1. The molecule has 9 heteroatoms. The van der Waals surface area contributed by atoms with Crippen LogP contribution in [0.3, 0.4) is 0 Å². The van der Waals surface area contributed by atoms with Crippen LogP contribution in [0.25, 0.3) is 0 Å². The number of nitrogens with zero attached hydrogens (tertiary/aromatic N) is 2. The summed E-state index contributed by atoms with van der Waals surface area (Å²) in [5.74, 6) is -0.693. The lowest BCUT2D eigenvalue weighted by Crippen LogP contribution is -2.18. The average Bonchev–Trinajstić information content (AvgIpc) is 2.75. The lowest BCUT2D eigenvalue weighted by Gasteiger charge is -2.10. The summed E-state index contributed by atoms with van der Waals surface area (Å²) in [5.41, 5.74) is 3.16. The molecule has 0 heterocycles. The highest BCUT2D eigenvalue weighted by molar-refractivity contribution is 9.10. The van der Waals surface area contributed by atoms with Gasteiger partial charge in [-0.2, -0.15) is 5.10 Å². The lowest BCUT2D eigenvalue weighted by atomic mass is 10.2. The van der Waals surface area contributed by atoms with Gasteiger partial charge in [-0.15, -0.1) is 0 Å². The number of carbonyl (C=O) groups is 1. The van der Waals surface area contributed by atoms with Crippen LogP contribution in [0.5, 0.6) is 11.5 Å². The van der Waals surface area contributed by atoms with E-state index in [1.165, 1.54) is 12.1 Å². The molecule has 8 nitrogen and oxygen atoms in total. The molecule has 152 valence electrons. The Balaban J connectivity index is 1.72. The number of phenolic OH excluding ortho intramolecular Hbond substituents is 1. The van der Waals surface area contributed by atoms with Crippen LogP contribution in [0.4, 0.5) is 5.69 Å². The average molecular weight is 470 g/mol. The van der Waals surface area contributed by atoms with Gasteiger partial charge in [-0.1, -0.05) is 58.4 Å². The molecule has 3 aromatic carbocycles. The zero-order chi connectivity index (χ0) is 21.5. The Morgan fingerprint density at radius 2 is 1.87 bits per heavy atom. The summed E-state index contributed by atoms with van der Waals surface area (Å²) in [6.07, 6.45) is 1.12. The zero-order valence-corrected chi connectivity index (χ0v) is 17.1. The lowest BCUT2D eigenvalue weighted by molar-refractivity contribution is -0.385. The van der Waals surface area contributed by atoms with E-state index in [1.54, 1.807) is 24.3 Å². The van der Waals surface area contributed by atoms with Gasteiger partial charge in [-0.3, -0.25) is 14.9 Å². The van der Waals surface area contributed by atoms with E-state index in [0.29, 0.717) is 16.8 Å². The van der Waals surface area contributed by atoms with E-state index >= 15 is 0 Å². The normalized spacial score (nSPS) is 10.7. The van der Waals surface area contributed by atoms with Crippen molar-refractivity contribution in [2.24, 2.45) is 5.10 Å². The number of carbonyl (C=O) groups excluding carboxylic acids is 1. The standard InChI is InChI=1S/C21H16BrN3O5/c22-16-10-15(20(26)18(11-16)25(28)29)12-23-24-21(27)17-8-4-5-9-19(17)30-13-14-6-2-1-3-7-14/h1-12,26H,13H2,(H,24,27). The van der Waals surface area contributed by atoms with Crippen LogP contribution in [0.15, 0.2) is 76.3 Å². The molecule has 0 bridgehead atoms. The van der Waals surface area contributed by atoms with Crippen LogP contribution in [0, 0.1) is 10.1 Å². The van der Waals surface area contributed by atoms with Gasteiger partial charge < -0.3 is 9.84 Å². The highest BCUT2D eigenvalue weighted by Gasteiger charge is 2.18. The smallest absolute Gasteiger partial charge is 0.312 e. The number of benzene rings is 3. The number of halogens is 1. The minimum Gasteiger partial charge on any atom is -0.502 e. The molecule has 0 fully saturated rings. The second-order valence-corrected chi connectivity index (χ2v) is 7.01. The molecule has 1 amide bonds. The third kappa shape index (κ3) is 5.21. The van der Waals surface area contributed by atoms with Gasteiger partial charge in [0.05, 0.1) is 16.7 Å². The van der Waals surface area contributed by atoms with Crippen molar-refractivity contribution in [3.63, 3.8) is 0 Å². The van der Waals surface area contributed by atoms with Gasteiger partial charge >= 0.3 is 5.69 Å². The Morgan fingerprint density at radius 1 is 1.17 bits per heavy atom. The molecule has 0 aromatic heterocycles. The molecule has 3 aromatic rings. The van der Waals surface area contributed by atoms with Crippen molar-refractivity contribution in [2.75, 3.05) is 0 Å². The monoisotopic (exact) mass is 469 g/mol. The van der Waals surface area contributed by atoms with Gasteiger partial charge in [0.2, 0.25) is 5.75 Å². The van der Waals surface area contributed by atoms with Gasteiger partial charge in [0.15, 0.2) is 0 Å². The van der Waals surface area contributed by atoms with Gasteiger partial charge in [-0.25, -0.2) is 5.43 Å². The largest absolute Gasteiger partial charge is 0.502 e. The number of nitrogens with one attached hydrogen (secondary N) is 1. The van der Waals surface area contributed by atoms with Crippen LogP contribution in [0.1, 0.15) is 21.5 Å². The molecule has 0 atom stereocenters. The molecular weight excluding hydrogens is 454 g/mol. The van der Waals surface area contributed by atoms with Gasteiger partial charge in [0.25, 0.3) is 5.91 Å². The minimum atomic E-state index is -0.712. The van der Waals surface area contributed by atoms with Gasteiger partial charge in [-0.05, 0) is 23.8 Å². The highest BCUT2D eigenvalue weighted by Crippen LogP contribution is 2.32. The number of nitro benzene ring substituents is 1. The molecule has 0 saturated heterocycles. The number of ether oxygens (including phenoxy) is 1. The molecule has 0 aliphatic carbocycles. The molecule has 0 unspecified atom stereocenters. The van der Waals surface area contributed by atoms with E-state index in [2.05, 4.69) is 26.5 Å². The molecular formula is C21H16BrN3O5. The molecule has 0 saturated carbocycles. The Labute approximate surface area is 180 Å². The maximum Gasteiger partial charge on any atom is 0.312 e. The number of hydrogen-bond donors (Lipinski definition) is 2. The quantitative estimate of drug-likeness (QED) is 0.302. The Kier molecular flexibility index (Phi) is 6.76. The second kappa shape index (κ2) is 9.66. The zero-order valence-electron chi connectivity index (χ0n) is 15.5. The van der Waals surface area contributed by atoms with Crippen molar-refractivity contribution in [3.8, 4) is 11.5 Å². The molecule has 2 N–H and O–H groups in total. The fourth-order valence-corrected chi connectivity index (χ4v) is 3.04. The van der Waals surface area contributed by atoms with Crippen molar-refractivity contribution >= 4 is 33.7 Å². The molecule has 0 aliphatic rings. The van der Waals surface area contributed by atoms with Gasteiger partial charge in [0.1, 0.15) is 12.4 Å². The van der Waals surface area contributed by atoms with Crippen molar-refractivity contribution in [1.29, 1.82) is 0 Å². The summed E-state index contributed by atoms with van der Waals surface area (Å²) in [7, 11) is 0. The van der Waals surface area contributed by atoms with E-state index in [1.807, 2.05) is 30.3 Å². The first kappa shape index (κ1) is 21.0. The molecule has 0 radical (unpaired) electrons. The van der Waals surface area contributed by atoms with Gasteiger partial charge in [0, 0.05) is 16.1 Å². The van der Waals surface area contributed by atoms with Crippen LogP contribution >= 0.6 is 15.9 Å². The Morgan fingerprint density at radius 3 is 2.60 bits per heavy atom. The number of amides is 1. The Bertz CT molecular complexity index is 1100. The minimum absolute atomic E-state index is 0.0741. The third-order valence-electron chi connectivity index (χ3n) is 4.02. The van der Waals surface area contributed by atoms with E-state index in [4.69, 9.17) is 4.74 Å². The predicted molar refractivity (Wildman–Crippen MR) is 115 cm³/mol. The van der Waals surface area contributed by atoms with Crippen LogP contribution < -0.4 is 10.2 Å². The summed E-state index contributed by atoms with van der Waals surface area (Å²) < 4.78 is 6.14. The first-order valence-electron chi connectivity index (χ1n) is 8.72. The number of nitro groups is 1. The van der Waals surface area contributed by atoms with E-state index in [9.17, 15) is 20.0 Å². The number of phenols is 1. The fourth-order valence-electron chi connectivity index (χ4n) is 2.58. The van der Waals surface area contributed by atoms with E-state index in [0.717, 1.165) is 11.8 Å². The van der Waals surface area contributed by atoms with Crippen LogP contribution in [-0.2, 0) is 6.61 Å². The number of rotatable bonds is 7. The molecule has 0 aliphatic heterocycles. The molecule has 3 rings (SSSR count). The highest BCUT2D eigenvalue weighted by atomic mass is 79.9. The third-order valence-corrected chi connectivity index (χ3v) is 4.48. The number of para-hydroxylation sites is 1. The SMILES string of the molecule is O=C(NN=Cc1cc(Br)cc([N+](=O)[O-])c1O)c1ccccc1OCc1ccccc1. The predicted octanol–water partition coefficient (Wildman–Crippen LogP) is 4.41. The van der Waals surface area contributed by atoms with Crippen molar-refractivity contribution < 1.29 is 19.6 Å². The summed E-state index contributed by atoms with van der Waals surface area (Å²) in [6.45, 7) is 0.296. The number of hydrogen-bond acceptors (Lipinski definition) is 6.